The second kappa shape index (κ2) is 7.64. The number of carbonyl (C=O) groups excluding carboxylic acids is 1. The van der Waals surface area contributed by atoms with Gasteiger partial charge >= 0.3 is 0 Å². The van der Waals surface area contributed by atoms with Crippen molar-refractivity contribution < 1.29 is 9.21 Å². The Labute approximate surface area is 127 Å². The van der Waals surface area contributed by atoms with Crippen LogP contribution in [0.3, 0.4) is 0 Å². The first-order valence-corrected chi connectivity index (χ1v) is 8.14. The molecular weight excluding hydrogens is 264 g/mol. The van der Waals surface area contributed by atoms with E-state index in [0.29, 0.717) is 19.0 Å². The Kier molecular flexibility index (Phi) is 5.85. The van der Waals surface area contributed by atoms with Crippen LogP contribution in [0.1, 0.15) is 57.5 Å². The predicted molar refractivity (Wildman–Crippen MR) is 84.0 cm³/mol. The summed E-state index contributed by atoms with van der Waals surface area (Å²) in [6.07, 6.45) is 5.31. The molecule has 1 aromatic rings. The smallest absolute Gasteiger partial charge is 0.223 e. The third kappa shape index (κ3) is 4.88. The Morgan fingerprint density at radius 2 is 2.24 bits per heavy atom. The standard InChI is InChI=1S/C17H28N2O2/c1-13(2)19(12-16-9-7-14(3)21-16)17(20)10-8-15-6-4-5-11-18-15/h7,9,13,15,18H,4-6,8,10-12H2,1-3H3. The van der Waals surface area contributed by atoms with Gasteiger partial charge in [-0.25, -0.2) is 0 Å². The summed E-state index contributed by atoms with van der Waals surface area (Å²) in [6.45, 7) is 7.72. The fourth-order valence-corrected chi connectivity index (χ4v) is 2.91. The molecule has 118 valence electrons. The summed E-state index contributed by atoms with van der Waals surface area (Å²) in [7, 11) is 0. The summed E-state index contributed by atoms with van der Waals surface area (Å²) in [5.74, 6) is 1.99. The van der Waals surface area contributed by atoms with E-state index in [1.807, 2.05) is 24.0 Å². The van der Waals surface area contributed by atoms with E-state index in [-0.39, 0.29) is 11.9 Å². The molecule has 4 nitrogen and oxygen atoms in total. The largest absolute Gasteiger partial charge is 0.464 e. The molecule has 0 bridgehead atoms. The van der Waals surface area contributed by atoms with Crippen molar-refractivity contribution in [2.45, 2.75) is 71.5 Å². The number of nitrogens with one attached hydrogen (secondary N) is 1. The molecule has 1 N–H and O–H groups in total. The number of piperidine rings is 1. The molecule has 0 aromatic carbocycles. The van der Waals surface area contributed by atoms with Crippen molar-refractivity contribution in [3.05, 3.63) is 23.7 Å². The molecule has 1 atom stereocenters. The van der Waals surface area contributed by atoms with Crippen molar-refractivity contribution in [1.82, 2.24) is 10.2 Å². The fourth-order valence-electron chi connectivity index (χ4n) is 2.91. The first kappa shape index (κ1) is 16.1. The Balaban J connectivity index is 1.86. The van der Waals surface area contributed by atoms with Gasteiger partial charge in [0.05, 0.1) is 6.54 Å². The van der Waals surface area contributed by atoms with Crippen molar-refractivity contribution >= 4 is 5.91 Å². The molecule has 1 aliphatic rings. The average molecular weight is 292 g/mol. The van der Waals surface area contributed by atoms with Crippen molar-refractivity contribution in [1.29, 1.82) is 0 Å². The van der Waals surface area contributed by atoms with Crippen LogP contribution in [0.15, 0.2) is 16.5 Å². The lowest BCUT2D eigenvalue weighted by atomic mass is 10.00. The van der Waals surface area contributed by atoms with Gasteiger partial charge in [0.25, 0.3) is 0 Å². The predicted octanol–water partition coefficient (Wildman–Crippen LogP) is 3.25. The maximum absolute atomic E-state index is 12.5. The normalized spacial score (nSPS) is 19.0. The van der Waals surface area contributed by atoms with E-state index >= 15 is 0 Å². The maximum atomic E-state index is 12.5. The van der Waals surface area contributed by atoms with Crippen molar-refractivity contribution in [2.24, 2.45) is 0 Å². The average Bonchev–Trinajstić information content (AvgIpc) is 2.88. The van der Waals surface area contributed by atoms with E-state index in [9.17, 15) is 4.79 Å². The van der Waals surface area contributed by atoms with Gasteiger partial charge in [0, 0.05) is 18.5 Å². The highest BCUT2D eigenvalue weighted by Crippen LogP contribution is 2.16. The summed E-state index contributed by atoms with van der Waals surface area (Å²) >= 11 is 0. The van der Waals surface area contributed by atoms with Gasteiger partial charge in [0.2, 0.25) is 5.91 Å². The van der Waals surface area contributed by atoms with Crippen molar-refractivity contribution in [3.8, 4) is 0 Å². The molecule has 1 unspecified atom stereocenters. The van der Waals surface area contributed by atoms with Gasteiger partial charge in [0.15, 0.2) is 0 Å². The molecule has 0 radical (unpaired) electrons. The van der Waals surface area contributed by atoms with Gasteiger partial charge in [-0.2, -0.15) is 0 Å². The highest BCUT2D eigenvalue weighted by molar-refractivity contribution is 5.76. The van der Waals surface area contributed by atoms with Crippen LogP contribution in [0.5, 0.6) is 0 Å². The second-order valence-corrected chi connectivity index (χ2v) is 6.31. The number of rotatable bonds is 6. The lowest BCUT2D eigenvalue weighted by Gasteiger charge is -2.28. The Hall–Kier alpha value is -1.29. The quantitative estimate of drug-likeness (QED) is 0.875. The van der Waals surface area contributed by atoms with E-state index < -0.39 is 0 Å². The summed E-state index contributed by atoms with van der Waals surface area (Å²) in [4.78, 5) is 14.4. The SMILES string of the molecule is Cc1ccc(CN(C(=O)CCC2CCCCN2)C(C)C)o1. The van der Waals surface area contributed by atoms with Gasteiger partial charge in [-0.1, -0.05) is 6.42 Å². The monoisotopic (exact) mass is 292 g/mol. The zero-order valence-corrected chi connectivity index (χ0v) is 13.5. The summed E-state index contributed by atoms with van der Waals surface area (Å²) in [6, 6.07) is 4.62. The first-order chi connectivity index (χ1) is 10.1. The molecule has 1 aromatic heterocycles. The maximum Gasteiger partial charge on any atom is 0.223 e. The summed E-state index contributed by atoms with van der Waals surface area (Å²) in [5, 5.41) is 3.51. The molecule has 0 aliphatic carbocycles. The zero-order valence-electron chi connectivity index (χ0n) is 13.5. The van der Waals surface area contributed by atoms with E-state index in [1.54, 1.807) is 0 Å². The molecule has 0 spiro atoms. The van der Waals surface area contributed by atoms with Crippen LogP contribution < -0.4 is 5.32 Å². The van der Waals surface area contributed by atoms with Crippen LogP contribution in [-0.4, -0.2) is 29.4 Å². The van der Waals surface area contributed by atoms with Crippen LogP contribution in [0.25, 0.3) is 0 Å². The van der Waals surface area contributed by atoms with Gasteiger partial charge in [-0.15, -0.1) is 0 Å². The molecule has 1 amide bonds. The van der Waals surface area contributed by atoms with Crippen LogP contribution in [-0.2, 0) is 11.3 Å². The van der Waals surface area contributed by atoms with E-state index in [4.69, 9.17) is 4.42 Å². The molecule has 1 aliphatic heterocycles. The van der Waals surface area contributed by atoms with Crippen molar-refractivity contribution in [3.63, 3.8) is 0 Å². The second-order valence-electron chi connectivity index (χ2n) is 6.31. The highest BCUT2D eigenvalue weighted by Gasteiger charge is 2.21. The van der Waals surface area contributed by atoms with Gasteiger partial charge in [0.1, 0.15) is 11.5 Å². The number of hydrogen-bond donors (Lipinski definition) is 1. The minimum Gasteiger partial charge on any atom is -0.464 e. The van der Waals surface area contributed by atoms with E-state index in [2.05, 4.69) is 19.2 Å². The van der Waals surface area contributed by atoms with Crippen LogP contribution in [0.4, 0.5) is 0 Å². The molecular formula is C17H28N2O2. The molecule has 0 saturated carbocycles. The van der Waals surface area contributed by atoms with Gasteiger partial charge in [-0.05, 0) is 58.7 Å². The molecule has 4 heteroatoms. The lowest BCUT2D eigenvalue weighted by Crippen LogP contribution is -2.39. The molecule has 1 fully saturated rings. The highest BCUT2D eigenvalue weighted by atomic mass is 16.3. The fraction of sp³-hybridized carbons (Fsp3) is 0.706. The number of furan rings is 1. The van der Waals surface area contributed by atoms with Gasteiger partial charge < -0.3 is 14.6 Å². The summed E-state index contributed by atoms with van der Waals surface area (Å²) < 4.78 is 5.60. The number of hydrogen-bond acceptors (Lipinski definition) is 3. The number of aryl methyl sites for hydroxylation is 1. The first-order valence-electron chi connectivity index (χ1n) is 8.14. The molecule has 2 rings (SSSR count). The lowest BCUT2D eigenvalue weighted by molar-refractivity contribution is -0.134. The van der Waals surface area contributed by atoms with Crippen molar-refractivity contribution in [2.75, 3.05) is 6.54 Å². The van der Waals surface area contributed by atoms with E-state index in [0.717, 1.165) is 24.5 Å². The topological polar surface area (TPSA) is 45.5 Å². The minimum atomic E-state index is 0.197. The molecule has 2 heterocycles. The zero-order chi connectivity index (χ0) is 15.2. The number of amides is 1. The number of carbonyl (C=O) groups is 1. The molecule has 1 saturated heterocycles. The van der Waals surface area contributed by atoms with Gasteiger partial charge in [-0.3, -0.25) is 4.79 Å². The summed E-state index contributed by atoms with van der Waals surface area (Å²) in [5.41, 5.74) is 0. The molecule has 21 heavy (non-hydrogen) atoms. The third-order valence-electron chi connectivity index (χ3n) is 4.18. The third-order valence-corrected chi connectivity index (χ3v) is 4.18. The minimum absolute atomic E-state index is 0.197. The Morgan fingerprint density at radius 3 is 2.81 bits per heavy atom. The Bertz CT molecular complexity index is 447. The van der Waals surface area contributed by atoms with Crippen LogP contribution in [0, 0.1) is 6.92 Å². The van der Waals surface area contributed by atoms with Crippen LogP contribution >= 0.6 is 0 Å². The van der Waals surface area contributed by atoms with Crippen LogP contribution in [0.2, 0.25) is 0 Å². The number of nitrogens with zero attached hydrogens (tertiary/aromatic N) is 1. The Morgan fingerprint density at radius 1 is 1.43 bits per heavy atom. The van der Waals surface area contributed by atoms with E-state index in [1.165, 1.54) is 19.3 Å².